The third-order valence-electron chi connectivity index (χ3n) is 5.26. The summed E-state index contributed by atoms with van der Waals surface area (Å²) in [5, 5.41) is 3.38. The zero-order valence-electron chi connectivity index (χ0n) is 14.7. The molecule has 1 saturated heterocycles. The van der Waals surface area contributed by atoms with Gasteiger partial charge in [0.1, 0.15) is 5.75 Å². The Labute approximate surface area is 151 Å². The zero-order chi connectivity index (χ0) is 16.2. The lowest BCUT2D eigenvalue weighted by molar-refractivity contribution is -0.119. The van der Waals surface area contributed by atoms with Gasteiger partial charge in [0.25, 0.3) is 0 Å². The molecule has 2 unspecified atom stereocenters. The van der Waals surface area contributed by atoms with Crippen LogP contribution in [-0.4, -0.2) is 32.1 Å². The number of rotatable bonds is 7. The quantitative estimate of drug-likeness (QED) is 0.814. The Balaban J connectivity index is 0.00000208. The van der Waals surface area contributed by atoms with Crippen LogP contribution >= 0.6 is 12.4 Å². The van der Waals surface area contributed by atoms with E-state index in [2.05, 4.69) is 12.2 Å². The summed E-state index contributed by atoms with van der Waals surface area (Å²) in [7, 11) is 1.67. The molecule has 2 fully saturated rings. The summed E-state index contributed by atoms with van der Waals surface area (Å²) in [6, 6.07) is 8.18. The van der Waals surface area contributed by atoms with Crippen molar-refractivity contribution < 1.29 is 9.53 Å². The fraction of sp³-hybridized carbons (Fsp3) is 0.632. The molecule has 1 aromatic carbocycles. The largest absolute Gasteiger partial charge is 0.497 e. The van der Waals surface area contributed by atoms with Gasteiger partial charge in [-0.15, -0.1) is 12.4 Å². The number of halogens is 1. The highest BCUT2D eigenvalue weighted by atomic mass is 35.5. The smallest absolute Gasteiger partial charge is 0.227 e. The van der Waals surface area contributed by atoms with Gasteiger partial charge in [0.2, 0.25) is 5.91 Å². The molecule has 1 N–H and O–H groups in total. The van der Waals surface area contributed by atoms with Crippen molar-refractivity contribution in [2.45, 2.75) is 45.1 Å². The minimum atomic E-state index is 0. The van der Waals surface area contributed by atoms with Crippen LogP contribution in [0.4, 0.5) is 5.69 Å². The van der Waals surface area contributed by atoms with Crippen LogP contribution < -0.4 is 15.0 Å². The van der Waals surface area contributed by atoms with Gasteiger partial charge in [-0.05, 0) is 81.8 Å². The molecule has 1 aromatic rings. The summed E-state index contributed by atoms with van der Waals surface area (Å²) in [6.45, 7) is 4.35. The molecule has 1 saturated carbocycles. The SMILES string of the molecule is COc1ccc(N(C(=O)CCC2CCNC2)C(C)C2CC2)cc1.Cl. The molecule has 2 aliphatic rings. The Morgan fingerprint density at radius 3 is 2.54 bits per heavy atom. The number of benzene rings is 1. The molecule has 0 radical (unpaired) electrons. The van der Waals surface area contributed by atoms with Crippen LogP contribution in [0.1, 0.15) is 39.0 Å². The lowest BCUT2D eigenvalue weighted by Crippen LogP contribution is -2.40. The molecule has 4 nitrogen and oxygen atoms in total. The van der Waals surface area contributed by atoms with Gasteiger partial charge in [-0.1, -0.05) is 0 Å². The van der Waals surface area contributed by atoms with Crippen molar-refractivity contribution in [3.63, 3.8) is 0 Å². The first-order chi connectivity index (χ1) is 11.2. The number of amides is 1. The predicted molar refractivity (Wildman–Crippen MR) is 100 cm³/mol. The Morgan fingerprint density at radius 1 is 1.29 bits per heavy atom. The van der Waals surface area contributed by atoms with E-state index in [1.807, 2.05) is 29.2 Å². The molecule has 0 bridgehead atoms. The Hall–Kier alpha value is -1.26. The van der Waals surface area contributed by atoms with Crippen molar-refractivity contribution in [1.82, 2.24) is 5.32 Å². The summed E-state index contributed by atoms with van der Waals surface area (Å²) in [5.41, 5.74) is 1.000. The minimum Gasteiger partial charge on any atom is -0.497 e. The van der Waals surface area contributed by atoms with Gasteiger partial charge in [0.05, 0.1) is 7.11 Å². The van der Waals surface area contributed by atoms with E-state index in [0.29, 0.717) is 18.3 Å². The molecular weight excluding hydrogens is 324 g/mol. The van der Waals surface area contributed by atoms with Gasteiger partial charge in [-0.2, -0.15) is 0 Å². The molecule has 1 aliphatic carbocycles. The molecule has 2 atom stereocenters. The average Bonchev–Trinajstić information content (AvgIpc) is 3.30. The predicted octanol–water partition coefficient (Wildman–Crippen LogP) is 3.64. The second kappa shape index (κ2) is 8.72. The zero-order valence-corrected chi connectivity index (χ0v) is 15.5. The first-order valence-corrected chi connectivity index (χ1v) is 8.86. The van der Waals surface area contributed by atoms with Gasteiger partial charge in [0.15, 0.2) is 0 Å². The van der Waals surface area contributed by atoms with Crippen LogP contribution in [0.2, 0.25) is 0 Å². The van der Waals surface area contributed by atoms with Crippen molar-refractivity contribution in [3.8, 4) is 5.75 Å². The molecule has 0 aromatic heterocycles. The number of anilines is 1. The third-order valence-corrected chi connectivity index (χ3v) is 5.26. The summed E-state index contributed by atoms with van der Waals surface area (Å²) >= 11 is 0. The van der Waals surface area contributed by atoms with E-state index in [1.54, 1.807) is 7.11 Å². The molecule has 1 aliphatic heterocycles. The average molecular weight is 353 g/mol. The van der Waals surface area contributed by atoms with E-state index < -0.39 is 0 Å². The summed E-state index contributed by atoms with van der Waals surface area (Å²) in [4.78, 5) is 14.9. The molecular formula is C19H29ClN2O2. The summed E-state index contributed by atoms with van der Waals surface area (Å²) in [5.74, 6) is 2.42. The van der Waals surface area contributed by atoms with Crippen LogP contribution in [0.25, 0.3) is 0 Å². The Morgan fingerprint density at radius 2 is 2.00 bits per heavy atom. The maximum absolute atomic E-state index is 12.9. The van der Waals surface area contributed by atoms with Gasteiger partial charge in [0, 0.05) is 18.2 Å². The van der Waals surface area contributed by atoms with Crippen molar-refractivity contribution in [2.75, 3.05) is 25.1 Å². The van der Waals surface area contributed by atoms with Gasteiger partial charge < -0.3 is 15.0 Å². The van der Waals surface area contributed by atoms with E-state index >= 15 is 0 Å². The summed E-state index contributed by atoms with van der Waals surface area (Å²) < 4.78 is 5.23. The van der Waals surface area contributed by atoms with E-state index in [9.17, 15) is 4.79 Å². The molecule has 1 heterocycles. The van der Waals surface area contributed by atoms with E-state index in [-0.39, 0.29) is 24.4 Å². The van der Waals surface area contributed by atoms with E-state index in [4.69, 9.17) is 4.74 Å². The highest BCUT2D eigenvalue weighted by molar-refractivity contribution is 5.94. The number of ether oxygens (including phenoxy) is 1. The maximum atomic E-state index is 12.9. The van der Waals surface area contributed by atoms with Crippen molar-refractivity contribution in [2.24, 2.45) is 11.8 Å². The lowest BCUT2D eigenvalue weighted by atomic mass is 10.0. The number of carbonyl (C=O) groups is 1. The number of nitrogens with zero attached hydrogens (tertiary/aromatic N) is 1. The monoisotopic (exact) mass is 352 g/mol. The normalized spacial score (nSPS) is 21.0. The standard InChI is InChI=1S/C19H28N2O2.ClH/c1-14(16-4-5-16)21(17-6-8-18(23-2)9-7-17)19(22)10-3-15-11-12-20-13-15;/h6-9,14-16,20H,3-5,10-13H2,1-2H3;1H. The fourth-order valence-corrected chi connectivity index (χ4v) is 3.55. The van der Waals surface area contributed by atoms with Crippen molar-refractivity contribution >= 4 is 24.0 Å². The second-order valence-electron chi connectivity index (χ2n) is 6.94. The molecule has 0 spiro atoms. The second-order valence-corrected chi connectivity index (χ2v) is 6.94. The van der Waals surface area contributed by atoms with Crippen LogP contribution in [0.15, 0.2) is 24.3 Å². The van der Waals surface area contributed by atoms with Gasteiger partial charge in [-0.3, -0.25) is 4.79 Å². The first-order valence-electron chi connectivity index (χ1n) is 8.86. The third kappa shape index (κ3) is 4.64. The van der Waals surface area contributed by atoms with Crippen molar-refractivity contribution in [3.05, 3.63) is 24.3 Å². The highest BCUT2D eigenvalue weighted by Gasteiger charge is 2.35. The van der Waals surface area contributed by atoms with Gasteiger partial charge >= 0.3 is 0 Å². The fourth-order valence-electron chi connectivity index (χ4n) is 3.55. The van der Waals surface area contributed by atoms with E-state index in [1.165, 1.54) is 19.3 Å². The Bertz CT molecular complexity index is 525. The molecule has 24 heavy (non-hydrogen) atoms. The van der Waals surface area contributed by atoms with E-state index in [0.717, 1.165) is 30.9 Å². The molecule has 1 amide bonds. The lowest BCUT2D eigenvalue weighted by Gasteiger charge is -2.30. The molecule has 3 rings (SSSR count). The molecule has 5 heteroatoms. The maximum Gasteiger partial charge on any atom is 0.227 e. The van der Waals surface area contributed by atoms with Crippen LogP contribution in [0.5, 0.6) is 5.75 Å². The topological polar surface area (TPSA) is 41.6 Å². The van der Waals surface area contributed by atoms with Crippen molar-refractivity contribution in [1.29, 1.82) is 0 Å². The number of hydrogen-bond donors (Lipinski definition) is 1. The Kier molecular flexibility index (Phi) is 6.93. The number of methoxy groups -OCH3 is 1. The molecule has 134 valence electrons. The number of hydrogen-bond acceptors (Lipinski definition) is 3. The summed E-state index contributed by atoms with van der Waals surface area (Å²) in [6.07, 6.45) is 5.33. The van der Waals surface area contributed by atoms with Crippen LogP contribution in [0, 0.1) is 11.8 Å². The van der Waals surface area contributed by atoms with Gasteiger partial charge in [-0.25, -0.2) is 0 Å². The number of nitrogens with one attached hydrogen (secondary N) is 1. The minimum absolute atomic E-state index is 0. The highest BCUT2D eigenvalue weighted by Crippen LogP contribution is 2.37. The van der Waals surface area contributed by atoms with Crippen LogP contribution in [0.3, 0.4) is 0 Å². The van der Waals surface area contributed by atoms with Crippen LogP contribution in [-0.2, 0) is 4.79 Å². The number of carbonyl (C=O) groups excluding carboxylic acids is 1. The first kappa shape index (κ1) is 19.1.